The Morgan fingerprint density at radius 3 is 2.86 bits per heavy atom. The second-order valence-corrected chi connectivity index (χ2v) is 7.16. The van der Waals surface area contributed by atoms with Crippen LogP contribution in [0.15, 0.2) is 61.2 Å². The standard InChI is InChI=1S/C22H21N5O/c23-21-20-19(26-22(16-5-1-6-16)27(20)11-10-25-21)17-7-2-8-18(12-17)28-14-15-4-3-9-24-13-15/h2-4,7-13,16H,1,5-6,14H2,(H2,23,25). The molecule has 1 aliphatic rings. The molecule has 1 saturated carbocycles. The molecule has 0 bridgehead atoms. The number of pyridine rings is 1. The lowest BCUT2D eigenvalue weighted by atomic mass is 9.85. The molecule has 0 spiro atoms. The first-order chi connectivity index (χ1) is 13.8. The van der Waals surface area contributed by atoms with Gasteiger partial charge in [-0.05, 0) is 31.0 Å². The molecule has 1 aliphatic carbocycles. The van der Waals surface area contributed by atoms with Crippen LogP contribution in [0.3, 0.4) is 0 Å². The fourth-order valence-electron chi connectivity index (χ4n) is 3.63. The third kappa shape index (κ3) is 2.97. The van der Waals surface area contributed by atoms with E-state index >= 15 is 0 Å². The summed E-state index contributed by atoms with van der Waals surface area (Å²) in [6, 6.07) is 11.9. The third-order valence-electron chi connectivity index (χ3n) is 5.32. The van der Waals surface area contributed by atoms with Gasteiger partial charge in [-0.1, -0.05) is 24.6 Å². The van der Waals surface area contributed by atoms with Crippen LogP contribution in [0.4, 0.5) is 5.82 Å². The van der Waals surface area contributed by atoms with E-state index in [2.05, 4.69) is 14.4 Å². The molecule has 0 atom stereocenters. The minimum Gasteiger partial charge on any atom is -0.489 e. The Morgan fingerprint density at radius 1 is 1.14 bits per heavy atom. The molecule has 1 aromatic carbocycles. The quantitative estimate of drug-likeness (QED) is 0.568. The van der Waals surface area contributed by atoms with Crippen LogP contribution in [-0.2, 0) is 6.61 Å². The summed E-state index contributed by atoms with van der Waals surface area (Å²) in [7, 11) is 0. The van der Waals surface area contributed by atoms with Crippen LogP contribution in [0.25, 0.3) is 16.8 Å². The van der Waals surface area contributed by atoms with Crippen molar-refractivity contribution in [1.82, 2.24) is 19.4 Å². The first-order valence-corrected chi connectivity index (χ1v) is 9.54. The number of nitrogens with two attached hydrogens (primary N) is 1. The Bertz CT molecular complexity index is 1120. The van der Waals surface area contributed by atoms with Gasteiger partial charge in [0.05, 0.1) is 0 Å². The van der Waals surface area contributed by atoms with E-state index in [9.17, 15) is 0 Å². The molecule has 6 nitrogen and oxygen atoms in total. The Balaban J connectivity index is 1.51. The second kappa shape index (κ2) is 6.96. The lowest BCUT2D eigenvalue weighted by molar-refractivity contribution is 0.306. The number of anilines is 1. The maximum absolute atomic E-state index is 6.23. The zero-order chi connectivity index (χ0) is 18.9. The highest BCUT2D eigenvalue weighted by atomic mass is 16.5. The van der Waals surface area contributed by atoms with Crippen LogP contribution in [0, 0.1) is 0 Å². The summed E-state index contributed by atoms with van der Waals surface area (Å²) in [5.41, 5.74) is 9.97. The van der Waals surface area contributed by atoms with Gasteiger partial charge in [0.1, 0.15) is 35.2 Å². The molecule has 0 unspecified atom stereocenters. The van der Waals surface area contributed by atoms with Crippen LogP contribution in [0.1, 0.15) is 36.6 Å². The van der Waals surface area contributed by atoms with E-state index in [0.29, 0.717) is 18.3 Å². The first kappa shape index (κ1) is 16.7. The number of imidazole rings is 1. The van der Waals surface area contributed by atoms with Crippen LogP contribution in [0.5, 0.6) is 5.75 Å². The minimum atomic E-state index is 0.470. The fourth-order valence-corrected chi connectivity index (χ4v) is 3.63. The topological polar surface area (TPSA) is 78.3 Å². The SMILES string of the molecule is Nc1nccn2c(C3CCC3)nc(-c3cccc(OCc4cccnc4)c3)c12. The largest absolute Gasteiger partial charge is 0.489 e. The summed E-state index contributed by atoms with van der Waals surface area (Å²) >= 11 is 0. The van der Waals surface area contributed by atoms with E-state index in [1.807, 2.05) is 48.8 Å². The maximum atomic E-state index is 6.23. The van der Waals surface area contributed by atoms with E-state index in [1.54, 1.807) is 12.4 Å². The highest BCUT2D eigenvalue weighted by Crippen LogP contribution is 2.39. The van der Waals surface area contributed by atoms with Crippen molar-refractivity contribution >= 4 is 11.3 Å². The molecule has 0 aliphatic heterocycles. The summed E-state index contributed by atoms with van der Waals surface area (Å²) < 4.78 is 8.06. The van der Waals surface area contributed by atoms with Crippen molar-refractivity contribution in [3.8, 4) is 17.0 Å². The van der Waals surface area contributed by atoms with Crippen LogP contribution in [-0.4, -0.2) is 19.4 Å². The van der Waals surface area contributed by atoms with Crippen molar-refractivity contribution in [2.75, 3.05) is 5.73 Å². The van der Waals surface area contributed by atoms with Gasteiger partial charge in [-0.15, -0.1) is 0 Å². The van der Waals surface area contributed by atoms with Gasteiger partial charge >= 0.3 is 0 Å². The van der Waals surface area contributed by atoms with Gasteiger partial charge in [0.15, 0.2) is 0 Å². The normalized spacial score (nSPS) is 14.1. The molecule has 0 saturated heterocycles. The molecule has 0 radical (unpaired) electrons. The number of ether oxygens (including phenoxy) is 1. The Labute approximate surface area is 163 Å². The Hall–Kier alpha value is -3.41. The average Bonchev–Trinajstić information content (AvgIpc) is 3.07. The van der Waals surface area contributed by atoms with Gasteiger partial charge in [0.25, 0.3) is 0 Å². The highest BCUT2D eigenvalue weighted by molar-refractivity contribution is 5.85. The van der Waals surface area contributed by atoms with Crippen molar-refractivity contribution in [2.24, 2.45) is 0 Å². The van der Waals surface area contributed by atoms with Gasteiger partial charge in [-0.2, -0.15) is 0 Å². The number of nitrogen functional groups attached to an aromatic ring is 1. The second-order valence-electron chi connectivity index (χ2n) is 7.16. The lowest BCUT2D eigenvalue weighted by Crippen LogP contribution is -2.12. The van der Waals surface area contributed by atoms with E-state index in [0.717, 1.165) is 33.9 Å². The maximum Gasteiger partial charge on any atom is 0.150 e. The molecule has 1 fully saturated rings. The summed E-state index contributed by atoms with van der Waals surface area (Å²) in [5.74, 6) is 2.85. The predicted molar refractivity (Wildman–Crippen MR) is 108 cm³/mol. The van der Waals surface area contributed by atoms with Crippen molar-refractivity contribution in [3.63, 3.8) is 0 Å². The highest BCUT2D eigenvalue weighted by Gasteiger charge is 2.26. The van der Waals surface area contributed by atoms with Crippen molar-refractivity contribution in [1.29, 1.82) is 0 Å². The number of hydrogen-bond donors (Lipinski definition) is 1. The molecule has 2 N–H and O–H groups in total. The van der Waals surface area contributed by atoms with Crippen LogP contribution < -0.4 is 10.5 Å². The average molecular weight is 371 g/mol. The van der Waals surface area contributed by atoms with Gasteiger partial charge in [-0.3, -0.25) is 9.38 Å². The molecule has 0 amide bonds. The predicted octanol–water partition coefficient (Wildman–Crippen LogP) is 4.22. The zero-order valence-corrected chi connectivity index (χ0v) is 15.5. The summed E-state index contributed by atoms with van der Waals surface area (Å²) in [5, 5.41) is 0. The van der Waals surface area contributed by atoms with E-state index in [4.69, 9.17) is 15.5 Å². The van der Waals surface area contributed by atoms with Crippen LogP contribution >= 0.6 is 0 Å². The summed E-state index contributed by atoms with van der Waals surface area (Å²) in [6.45, 7) is 0.470. The van der Waals surface area contributed by atoms with Crippen LogP contribution in [0.2, 0.25) is 0 Å². The monoisotopic (exact) mass is 371 g/mol. The van der Waals surface area contributed by atoms with E-state index in [1.165, 1.54) is 19.3 Å². The van der Waals surface area contributed by atoms with Crippen molar-refractivity contribution in [3.05, 3.63) is 72.6 Å². The van der Waals surface area contributed by atoms with Gasteiger partial charge < -0.3 is 10.5 Å². The molecule has 4 aromatic rings. The first-order valence-electron chi connectivity index (χ1n) is 9.54. The summed E-state index contributed by atoms with van der Waals surface area (Å²) in [4.78, 5) is 13.4. The zero-order valence-electron chi connectivity index (χ0n) is 15.5. The third-order valence-corrected chi connectivity index (χ3v) is 5.32. The number of fused-ring (bicyclic) bond motifs is 1. The van der Waals surface area contributed by atoms with E-state index < -0.39 is 0 Å². The molecule has 28 heavy (non-hydrogen) atoms. The van der Waals surface area contributed by atoms with Gasteiger partial charge in [0, 0.05) is 41.8 Å². The molecular weight excluding hydrogens is 350 g/mol. The minimum absolute atomic E-state index is 0.470. The van der Waals surface area contributed by atoms with Crippen molar-refractivity contribution < 1.29 is 4.74 Å². The number of benzene rings is 1. The number of rotatable bonds is 5. The summed E-state index contributed by atoms with van der Waals surface area (Å²) in [6.07, 6.45) is 10.9. The Morgan fingerprint density at radius 2 is 2.07 bits per heavy atom. The molecule has 140 valence electrons. The van der Waals surface area contributed by atoms with Gasteiger partial charge in [-0.25, -0.2) is 9.97 Å². The van der Waals surface area contributed by atoms with E-state index in [-0.39, 0.29) is 0 Å². The van der Waals surface area contributed by atoms with Gasteiger partial charge in [0.2, 0.25) is 0 Å². The Kier molecular flexibility index (Phi) is 4.16. The fraction of sp³-hybridized carbons (Fsp3) is 0.227. The number of aromatic nitrogens is 4. The number of hydrogen-bond acceptors (Lipinski definition) is 5. The number of nitrogens with zero attached hydrogens (tertiary/aromatic N) is 4. The molecular formula is C22H21N5O. The molecule has 3 heterocycles. The lowest BCUT2D eigenvalue weighted by Gasteiger charge is -2.23. The van der Waals surface area contributed by atoms with Crippen molar-refractivity contribution in [2.45, 2.75) is 31.8 Å². The molecule has 5 rings (SSSR count). The smallest absolute Gasteiger partial charge is 0.150 e. The molecule has 3 aromatic heterocycles. The molecule has 6 heteroatoms.